The summed E-state index contributed by atoms with van der Waals surface area (Å²) in [5.74, 6) is -4.30. The van der Waals surface area contributed by atoms with Crippen molar-refractivity contribution in [3.63, 3.8) is 0 Å². The number of carbonyl (C=O) groups is 3. The maximum atomic E-state index is 15.0. The van der Waals surface area contributed by atoms with Crippen molar-refractivity contribution in [1.29, 1.82) is 0 Å². The highest BCUT2D eigenvalue weighted by Gasteiger charge is 2.39. The van der Waals surface area contributed by atoms with E-state index in [0.717, 1.165) is 22.6 Å². The van der Waals surface area contributed by atoms with Gasteiger partial charge in [0.2, 0.25) is 5.82 Å². The minimum absolute atomic E-state index is 0.00868. The normalized spacial score (nSPS) is 19.1. The molecule has 0 radical (unpaired) electrons. The quantitative estimate of drug-likeness (QED) is 0.167. The maximum Gasteiger partial charge on any atom is 0.343 e. The van der Waals surface area contributed by atoms with Crippen molar-refractivity contribution < 1.29 is 42.5 Å². The Morgan fingerprint density at radius 2 is 1.52 bits per heavy atom. The molecular formula is C40H33ClFN3O11. The van der Waals surface area contributed by atoms with Crippen LogP contribution in [-0.4, -0.2) is 57.0 Å². The van der Waals surface area contributed by atoms with Gasteiger partial charge >= 0.3 is 17.6 Å². The van der Waals surface area contributed by atoms with Gasteiger partial charge in [-0.3, -0.25) is 23.5 Å². The number of aromatic nitrogens is 3. The number of ether oxygens (including phenoxy) is 5. The molecule has 3 aromatic carbocycles. The number of pyridine rings is 1. The summed E-state index contributed by atoms with van der Waals surface area (Å²) in [6.45, 7) is 0.221. The lowest BCUT2D eigenvalue weighted by Gasteiger charge is -2.19. The van der Waals surface area contributed by atoms with Crippen molar-refractivity contribution >= 4 is 29.4 Å². The SMILES string of the molecule is O=C(OC[C@H]1O[C@@H](n2cc(F)c(=O)n(C(=O)c3ccccc3)c2=O)C[C@@H]1OCc1ccccc1)c1cccc(C(=O)Oc2cc(=O)n(C3CCCO3)cc2Cl)c1. The summed E-state index contributed by atoms with van der Waals surface area (Å²) >= 11 is 6.33. The monoisotopic (exact) mass is 785 g/mol. The predicted molar refractivity (Wildman–Crippen MR) is 196 cm³/mol. The fourth-order valence-electron chi connectivity index (χ4n) is 6.37. The van der Waals surface area contributed by atoms with E-state index in [0.29, 0.717) is 19.2 Å². The van der Waals surface area contributed by atoms with Crippen LogP contribution in [0.2, 0.25) is 5.02 Å². The first-order valence-corrected chi connectivity index (χ1v) is 17.9. The number of nitrogens with zero attached hydrogens (tertiary/aromatic N) is 3. The average molecular weight is 786 g/mol. The van der Waals surface area contributed by atoms with Crippen molar-refractivity contribution in [2.75, 3.05) is 13.2 Å². The second-order valence-corrected chi connectivity index (χ2v) is 13.4. The topological polar surface area (TPSA) is 163 Å². The highest BCUT2D eigenvalue weighted by molar-refractivity contribution is 6.32. The van der Waals surface area contributed by atoms with E-state index >= 15 is 4.39 Å². The third kappa shape index (κ3) is 8.30. The Labute approximate surface area is 322 Å². The zero-order valence-electron chi connectivity index (χ0n) is 29.5. The Kier molecular flexibility index (Phi) is 11.5. The molecule has 4 atom stereocenters. The molecular weight excluding hydrogens is 753 g/mol. The summed E-state index contributed by atoms with van der Waals surface area (Å²) in [6.07, 6.45) is -0.104. The molecule has 1 unspecified atom stereocenters. The lowest BCUT2D eigenvalue weighted by Crippen LogP contribution is -2.46. The van der Waals surface area contributed by atoms with Gasteiger partial charge < -0.3 is 23.7 Å². The highest BCUT2D eigenvalue weighted by Crippen LogP contribution is 2.32. The van der Waals surface area contributed by atoms with E-state index in [-0.39, 0.29) is 45.1 Å². The summed E-state index contributed by atoms with van der Waals surface area (Å²) in [6, 6.07) is 23.2. The average Bonchev–Trinajstić information content (AvgIpc) is 3.90. The Morgan fingerprint density at radius 1 is 0.821 bits per heavy atom. The largest absolute Gasteiger partial charge is 0.459 e. The number of hydrogen-bond acceptors (Lipinski definition) is 11. The first-order valence-electron chi connectivity index (χ1n) is 17.5. The molecule has 288 valence electrons. The zero-order valence-corrected chi connectivity index (χ0v) is 30.2. The number of carbonyl (C=O) groups excluding carboxylic acids is 3. The molecule has 56 heavy (non-hydrogen) atoms. The molecule has 0 aliphatic carbocycles. The van der Waals surface area contributed by atoms with Crippen LogP contribution in [0, 0.1) is 5.82 Å². The van der Waals surface area contributed by atoms with E-state index in [2.05, 4.69) is 0 Å². The molecule has 2 fully saturated rings. The molecule has 16 heteroatoms. The van der Waals surface area contributed by atoms with Gasteiger partial charge in [-0.1, -0.05) is 66.2 Å². The van der Waals surface area contributed by atoms with E-state index in [1.54, 1.807) is 6.07 Å². The summed E-state index contributed by atoms with van der Waals surface area (Å²) in [5, 5.41) is 0.00880. The van der Waals surface area contributed by atoms with E-state index in [4.69, 9.17) is 35.3 Å². The van der Waals surface area contributed by atoms with Gasteiger partial charge in [0.05, 0.1) is 35.1 Å². The standard InChI is InChI=1S/C40H33ClFN3O11/c41-28-20-43(34-15-8-16-52-34)33(46)18-30(28)56-39(50)27-14-7-13-26(17-27)38(49)54-23-32-31(53-22-24-9-3-1-4-10-24)19-35(55-32)44-21-29(42)37(48)45(40(44)51)36(47)25-11-5-2-6-12-25/h1-7,9-14,17-18,20-21,31-32,34-35H,8,15-16,19,22-23H2/t31-,32+,34?,35+/m0/s1. The van der Waals surface area contributed by atoms with Crippen LogP contribution in [0.3, 0.4) is 0 Å². The van der Waals surface area contributed by atoms with E-state index in [1.165, 1.54) is 59.3 Å². The first kappa shape index (κ1) is 38.3. The van der Waals surface area contributed by atoms with Crippen molar-refractivity contribution in [2.45, 2.75) is 50.5 Å². The van der Waals surface area contributed by atoms with Gasteiger partial charge in [0.25, 0.3) is 17.0 Å². The van der Waals surface area contributed by atoms with Crippen molar-refractivity contribution in [3.8, 4) is 5.75 Å². The summed E-state index contributed by atoms with van der Waals surface area (Å²) in [7, 11) is 0. The molecule has 2 aromatic heterocycles. The highest BCUT2D eigenvalue weighted by atomic mass is 35.5. The van der Waals surface area contributed by atoms with E-state index in [9.17, 15) is 28.8 Å². The second kappa shape index (κ2) is 16.8. The van der Waals surface area contributed by atoms with Gasteiger partial charge in [-0.05, 0) is 48.7 Å². The Bertz CT molecular complexity index is 2450. The van der Waals surface area contributed by atoms with Crippen LogP contribution in [0.15, 0.2) is 118 Å². The molecule has 0 N–H and O–H groups in total. The van der Waals surface area contributed by atoms with Gasteiger partial charge in [0.15, 0.2) is 5.75 Å². The van der Waals surface area contributed by atoms with Gasteiger partial charge in [-0.2, -0.15) is 8.96 Å². The lowest BCUT2D eigenvalue weighted by atomic mass is 10.1. The molecule has 0 bridgehead atoms. The van der Waals surface area contributed by atoms with E-state index < -0.39 is 71.7 Å². The molecule has 7 rings (SSSR count). The smallest absolute Gasteiger partial charge is 0.343 e. The minimum Gasteiger partial charge on any atom is -0.459 e. The minimum atomic E-state index is -1.42. The van der Waals surface area contributed by atoms with Crippen molar-refractivity contribution in [3.05, 3.63) is 168 Å². The summed E-state index contributed by atoms with van der Waals surface area (Å²) < 4.78 is 46.1. The zero-order chi connectivity index (χ0) is 39.3. The van der Waals surface area contributed by atoms with Crippen LogP contribution in [0.4, 0.5) is 4.39 Å². The summed E-state index contributed by atoms with van der Waals surface area (Å²) in [5.41, 5.74) is -2.29. The molecule has 2 aliphatic rings. The predicted octanol–water partition coefficient (Wildman–Crippen LogP) is 4.91. The molecule has 0 amide bonds. The molecule has 0 spiro atoms. The third-order valence-electron chi connectivity index (χ3n) is 9.22. The lowest BCUT2D eigenvalue weighted by molar-refractivity contribution is -0.0710. The molecule has 2 saturated heterocycles. The van der Waals surface area contributed by atoms with Gasteiger partial charge in [0, 0.05) is 30.9 Å². The molecule has 14 nitrogen and oxygen atoms in total. The van der Waals surface area contributed by atoms with Gasteiger partial charge in [-0.25, -0.2) is 14.4 Å². The second-order valence-electron chi connectivity index (χ2n) is 12.9. The van der Waals surface area contributed by atoms with Crippen LogP contribution < -0.4 is 21.5 Å². The van der Waals surface area contributed by atoms with E-state index in [1.807, 2.05) is 30.3 Å². The number of hydrogen-bond donors (Lipinski definition) is 0. The van der Waals surface area contributed by atoms with Crippen molar-refractivity contribution in [1.82, 2.24) is 13.7 Å². The molecule has 0 saturated carbocycles. The Hall–Kier alpha value is -6.00. The van der Waals surface area contributed by atoms with Crippen LogP contribution in [-0.2, 0) is 25.6 Å². The Morgan fingerprint density at radius 3 is 2.23 bits per heavy atom. The van der Waals surface area contributed by atoms with Crippen LogP contribution in [0.1, 0.15) is 68.4 Å². The molecule has 4 heterocycles. The maximum absolute atomic E-state index is 15.0. The van der Waals surface area contributed by atoms with Gasteiger partial charge in [0.1, 0.15) is 25.2 Å². The first-order chi connectivity index (χ1) is 27.1. The number of benzene rings is 3. The van der Waals surface area contributed by atoms with Crippen LogP contribution >= 0.6 is 11.6 Å². The number of esters is 2. The fraction of sp³-hybridized carbons (Fsp3) is 0.250. The molecule has 5 aromatic rings. The van der Waals surface area contributed by atoms with Crippen LogP contribution in [0.25, 0.3) is 0 Å². The number of rotatable bonds is 11. The third-order valence-corrected chi connectivity index (χ3v) is 9.51. The van der Waals surface area contributed by atoms with Crippen molar-refractivity contribution in [2.24, 2.45) is 0 Å². The summed E-state index contributed by atoms with van der Waals surface area (Å²) in [4.78, 5) is 78.5. The number of halogens is 2. The Balaban J connectivity index is 1.07. The molecule has 2 aliphatic heterocycles. The fourth-order valence-corrected chi connectivity index (χ4v) is 6.57. The van der Waals surface area contributed by atoms with Gasteiger partial charge in [-0.15, -0.1) is 0 Å². The van der Waals surface area contributed by atoms with Crippen LogP contribution in [0.5, 0.6) is 5.75 Å².